The summed E-state index contributed by atoms with van der Waals surface area (Å²) in [6.45, 7) is 0.424. The predicted octanol–water partition coefficient (Wildman–Crippen LogP) is 4.17. The smallest absolute Gasteiger partial charge is 0.244 e. The van der Waals surface area contributed by atoms with Crippen molar-refractivity contribution in [1.29, 1.82) is 0 Å². The number of hydrogen-bond donors (Lipinski definition) is 1. The zero-order valence-corrected chi connectivity index (χ0v) is 14.2. The Morgan fingerprint density at radius 2 is 1.76 bits per heavy atom. The summed E-state index contributed by atoms with van der Waals surface area (Å²) in [7, 11) is 0. The van der Waals surface area contributed by atoms with Gasteiger partial charge in [-0.1, -0.05) is 36.4 Å². The highest BCUT2D eigenvalue weighted by Gasteiger charge is 2.04. The molecule has 0 unspecified atom stereocenters. The van der Waals surface area contributed by atoms with Gasteiger partial charge in [0.1, 0.15) is 5.01 Å². The monoisotopic (exact) mass is 345 g/mol. The Hall–Kier alpha value is -3.05. The number of thiazole rings is 1. The maximum Gasteiger partial charge on any atom is 0.244 e. The third kappa shape index (κ3) is 3.56. The van der Waals surface area contributed by atoms with Crippen molar-refractivity contribution in [3.05, 3.63) is 77.4 Å². The fourth-order valence-electron chi connectivity index (χ4n) is 2.55. The summed E-state index contributed by atoms with van der Waals surface area (Å²) in [5.74, 6) is -0.158. The highest BCUT2D eigenvalue weighted by molar-refractivity contribution is 7.18. The Bertz CT molecular complexity index is 1050. The van der Waals surface area contributed by atoms with E-state index >= 15 is 0 Å². The molecular weight excluding hydrogens is 330 g/mol. The van der Waals surface area contributed by atoms with Crippen LogP contribution in [0, 0.1) is 0 Å². The van der Waals surface area contributed by atoms with Gasteiger partial charge in [-0.05, 0) is 30.3 Å². The number of amides is 1. The molecule has 4 nitrogen and oxygen atoms in total. The van der Waals surface area contributed by atoms with Gasteiger partial charge in [0, 0.05) is 11.5 Å². The molecule has 0 aliphatic heterocycles. The number of fused-ring (bicyclic) bond motifs is 2. The van der Waals surface area contributed by atoms with Crippen molar-refractivity contribution >= 4 is 44.4 Å². The summed E-state index contributed by atoms with van der Waals surface area (Å²) in [5.41, 5.74) is 2.64. The first kappa shape index (κ1) is 15.5. The molecule has 25 heavy (non-hydrogen) atoms. The quantitative estimate of drug-likeness (QED) is 0.565. The van der Waals surface area contributed by atoms with E-state index in [1.165, 1.54) is 6.08 Å². The predicted molar refractivity (Wildman–Crippen MR) is 102 cm³/mol. The maximum atomic E-state index is 12.0. The van der Waals surface area contributed by atoms with Gasteiger partial charge >= 0.3 is 0 Å². The van der Waals surface area contributed by atoms with E-state index in [-0.39, 0.29) is 5.91 Å². The van der Waals surface area contributed by atoms with Gasteiger partial charge in [-0.15, -0.1) is 11.3 Å². The van der Waals surface area contributed by atoms with Gasteiger partial charge in [0.15, 0.2) is 0 Å². The van der Waals surface area contributed by atoms with E-state index in [4.69, 9.17) is 0 Å². The van der Waals surface area contributed by atoms with E-state index in [9.17, 15) is 4.79 Å². The molecule has 0 aliphatic carbocycles. The average molecular weight is 345 g/mol. The number of hydrogen-bond acceptors (Lipinski definition) is 4. The molecule has 1 amide bonds. The lowest BCUT2D eigenvalue weighted by Gasteiger charge is -1.99. The minimum atomic E-state index is -0.158. The van der Waals surface area contributed by atoms with Gasteiger partial charge in [-0.2, -0.15) is 0 Å². The Morgan fingerprint density at radius 3 is 2.64 bits per heavy atom. The van der Waals surface area contributed by atoms with E-state index in [2.05, 4.69) is 15.3 Å². The van der Waals surface area contributed by atoms with Crippen LogP contribution in [0.4, 0.5) is 0 Å². The molecule has 5 heteroatoms. The summed E-state index contributed by atoms with van der Waals surface area (Å²) in [4.78, 5) is 21.0. The average Bonchev–Trinajstić information content (AvgIpc) is 3.07. The van der Waals surface area contributed by atoms with Crippen molar-refractivity contribution in [2.45, 2.75) is 6.54 Å². The molecule has 2 aromatic heterocycles. The van der Waals surface area contributed by atoms with Crippen LogP contribution in [-0.2, 0) is 11.3 Å². The number of aromatic nitrogens is 2. The lowest BCUT2D eigenvalue weighted by atomic mass is 10.2. The number of rotatable bonds is 4. The Balaban J connectivity index is 1.41. The normalized spacial score (nSPS) is 11.4. The number of carbonyl (C=O) groups is 1. The van der Waals surface area contributed by atoms with Gasteiger partial charge in [0.2, 0.25) is 5.91 Å². The number of carbonyl (C=O) groups excluding carboxylic acids is 1. The van der Waals surface area contributed by atoms with Crippen LogP contribution in [0.15, 0.2) is 66.7 Å². The van der Waals surface area contributed by atoms with Crippen LogP contribution in [0.3, 0.4) is 0 Å². The van der Waals surface area contributed by atoms with Crippen LogP contribution in [0.25, 0.3) is 27.2 Å². The van der Waals surface area contributed by atoms with E-state index in [1.54, 1.807) is 17.4 Å². The zero-order valence-electron chi connectivity index (χ0n) is 13.3. The second-order valence-electron chi connectivity index (χ2n) is 5.56. The van der Waals surface area contributed by atoms with Crippen LogP contribution in [0.5, 0.6) is 0 Å². The molecule has 4 rings (SSSR count). The van der Waals surface area contributed by atoms with Gasteiger partial charge < -0.3 is 5.32 Å². The standard InChI is InChI=1S/C20H15N3OS/c24-19(21-13-20-23-17-7-3-4-8-18(17)25-20)12-11-15-10-9-14-5-1-2-6-16(14)22-15/h1-12H,13H2,(H,21,24)/b12-11+. The Morgan fingerprint density at radius 1 is 0.960 bits per heavy atom. The fraction of sp³-hybridized carbons (Fsp3) is 0.0500. The second-order valence-corrected chi connectivity index (χ2v) is 6.67. The molecule has 2 aromatic carbocycles. The molecule has 0 fully saturated rings. The molecule has 4 aromatic rings. The summed E-state index contributed by atoms with van der Waals surface area (Å²) < 4.78 is 1.13. The summed E-state index contributed by atoms with van der Waals surface area (Å²) >= 11 is 1.59. The molecule has 2 heterocycles. The summed E-state index contributed by atoms with van der Waals surface area (Å²) in [6, 6.07) is 19.8. The number of nitrogens with one attached hydrogen (secondary N) is 1. The SMILES string of the molecule is O=C(/C=C/c1ccc2ccccc2n1)NCc1nc2ccccc2s1. The first-order valence-corrected chi connectivity index (χ1v) is 8.76. The number of para-hydroxylation sites is 2. The van der Waals surface area contributed by atoms with E-state index in [0.717, 1.165) is 31.8 Å². The minimum Gasteiger partial charge on any atom is -0.346 e. The molecule has 0 spiro atoms. The Labute approximate surface area is 148 Å². The van der Waals surface area contributed by atoms with Crippen molar-refractivity contribution in [2.75, 3.05) is 0 Å². The van der Waals surface area contributed by atoms with Crippen molar-refractivity contribution < 1.29 is 4.79 Å². The molecule has 0 radical (unpaired) electrons. The molecule has 0 saturated carbocycles. The lowest BCUT2D eigenvalue weighted by Crippen LogP contribution is -2.20. The first-order chi connectivity index (χ1) is 12.3. The van der Waals surface area contributed by atoms with Crippen molar-refractivity contribution in [3.63, 3.8) is 0 Å². The Kier molecular flexibility index (Phi) is 4.23. The summed E-state index contributed by atoms with van der Waals surface area (Å²) in [5, 5.41) is 4.84. The minimum absolute atomic E-state index is 0.158. The van der Waals surface area contributed by atoms with Gasteiger partial charge in [0.05, 0.1) is 28.0 Å². The molecule has 0 saturated heterocycles. The maximum absolute atomic E-state index is 12.0. The third-order valence-corrected chi connectivity index (χ3v) is 4.81. The molecule has 122 valence electrons. The number of pyridine rings is 1. The summed E-state index contributed by atoms with van der Waals surface area (Å²) in [6.07, 6.45) is 3.23. The molecule has 0 aliphatic rings. The van der Waals surface area contributed by atoms with Crippen molar-refractivity contribution in [1.82, 2.24) is 15.3 Å². The van der Waals surface area contributed by atoms with E-state index in [0.29, 0.717) is 6.54 Å². The van der Waals surface area contributed by atoms with Gasteiger partial charge in [-0.25, -0.2) is 9.97 Å². The lowest BCUT2D eigenvalue weighted by molar-refractivity contribution is -0.116. The van der Waals surface area contributed by atoms with Crippen LogP contribution in [-0.4, -0.2) is 15.9 Å². The van der Waals surface area contributed by atoms with Crippen LogP contribution >= 0.6 is 11.3 Å². The van der Waals surface area contributed by atoms with Crippen LogP contribution in [0.2, 0.25) is 0 Å². The fourth-order valence-corrected chi connectivity index (χ4v) is 3.46. The zero-order chi connectivity index (χ0) is 17.1. The number of nitrogens with zero attached hydrogens (tertiary/aromatic N) is 2. The highest BCUT2D eigenvalue weighted by Crippen LogP contribution is 2.21. The second kappa shape index (κ2) is 6.83. The van der Waals surface area contributed by atoms with Crippen LogP contribution in [0.1, 0.15) is 10.7 Å². The highest BCUT2D eigenvalue weighted by atomic mass is 32.1. The topological polar surface area (TPSA) is 54.9 Å². The molecular formula is C20H15N3OS. The molecule has 0 atom stereocenters. The van der Waals surface area contributed by atoms with Crippen molar-refractivity contribution in [3.8, 4) is 0 Å². The van der Waals surface area contributed by atoms with Gasteiger partial charge in [-0.3, -0.25) is 4.79 Å². The van der Waals surface area contributed by atoms with Crippen LogP contribution < -0.4 is 5.32 Å². The molecule has 0 bridgehead atoms. The van der Waals surface area contributed by atoms with E-state index in [1.807, 2.05) is 60.7 Å². The first-order valence-electron chi connectivity index (χ1n) is 7.94. The molecule has 1 N–H and O–H groups in total. The number of benzene rings is 2. The van der Waals surface area contributed by atoms with E-state index < -0.39 is 0 Å². The third-order valence-electron chi connectivity index (χ3n) is 3.78. The van der Waals surface area contributed by atoms with Gasteiger partial charge in [0.25, 0.3) is 0 Å². The van der Waals surface area contributed by atoms with Crippen molar-refractivity contribution in [2.24, 2.45) is 0 Å². The largest absolute Gasteiger partial charge is 0.346 e.